The highest BCUT2D eigenvalue weighted by Gasteiger charge is 2.04. The lowest BCUT2D eigenvalue weighted by Crippen LogP contribution is -2.07. The van der Waals surface area contributed by atoms with Gasteiger partial charge in [0, 0.05) is 18.0 Å². The average molecular weight is 203 g/mol. The Kier molecular flexibility index (Phi) is 6.62. The molecule has 80 valence electrons. The van der Waals surface area contributed by atoms with Crippen LogP contribution in [0.5, 0.6) is 5.75 Å². The van der Waals surface area contributed by atoms with Gasteiger partial charge in [0.05, 0.1) is 0 Å². The summed E-state index contributed by atoms with van der Waals surface area (Å²) < 4.78 is 28.2. The minimum absolute atomic E-state index is 0.463. The highest BCUT2D eigenvalue weighted by atomic mass is 19.3. The summed E-state index contributed by atoms with van der Waals surface area (Å²) in [7, 11) is 0. The molecule has 0 fully saturated rings. The molecule has 0 N–H and O–H groups in total. The summed E-state index contributed by atoms with van der Waals surface area (Å²) >= 11 is 0. The van der Waals surface area contributed by atoms with E-state index in [2.05, 4.69) is 4.98 Å². The summed E-state index contributed by atoms with van der Waals surface area (Å²) in [6.45, 7) is 5.19. The Labute approximate surface area is 82.9 Å². The van der Waals surface area contributed by atoms with Crippen LogP contribution in [0.3, 0.4) is 0 Å². The van der Waals surface area contributed by atoms with Gasteiger partial charge in [0.25, 0.3) is 6.43 Å². The smallest absolute Gasteiger partial charge is 0.272 e. The van der Waals surface area contributed by atoms with Crippen LogP contribution in [-0.4, -0.2) is 18.0 Å². The van der Waals surface area contributed by atoms with Crippen LogP contribution >= 0.6 is 0 Å². The Bertz CT molecular complexity index is 254. The molecular formula is C10H15F2NO. The molecule has 0 saturated carbocycles. The third-order valence-electron chi connectivity index (χ3n) is 1.33. The lowest BCUT2D eigenvalue weighted by molar-refractivity contribution is 0.0815. The van der Waals surface area contributed by atoms with E-state index < -0.39 is 13.0 Å². The predicted molar refractivity (Wildman–Crippen MR) is 51.8 cm³/mol. The van der Waals surface area contributed by atoms with Crippen molar-refractivity contribution in [3.63, 3.8) is 0 Å². The van der Waals surface area contributed by atoms with E-state index in [4.69, 9.17) is 4.74 Å². The maximum atomic E-state index is 11.7. The van der Waals surface area contributed by atoms with Crippen molar-refractivity contribution in [2.24, 2.45) is 0 Å². The first kappa shape index (κ1) is 12.8. The molecule has 1 aromatic rings. The number of hydrogen-bond acceptors (Lipinski definition) is 2. The molecule has 0 aromatic carbocycles. The van der Waals surface area contributed by atoms with Gasteiger partial charge in [-0.1, -0.05) is 13.8 Å². The number of ether oxygens (including phenoxy) is 1. The van der Waals surface area contributed by atoms with Crippen LogP contribution in [0.1, 0.15) is 19.4 Å². The predicted octanol–water partition coefficient (Wildman–Crippen LogP) is 3.06. The van der Waals surface area contributed by atoms with Gasteiger partial charge in [0.2, 0.25) is 0 Å². The summed E-state index contributed by atoms with van der Waals surface area (Å²) in [5.41, 5.74) is 0.762. The molecule has 2 nitrogen and oxygen atoms in total. The SMILES string of the molecule is CC.Cc1cnccc1OCC(F)F. The largest absolute Gasteiger partial charge is 0.487 e. The molecular weight excluding hydrogens is 188 g/mol. The van der Waals surface area contributed by atoms with Crippen molar-refractivity contribution < 1.29 is 13.5 Å². The van der Waals surface area contributed by atoms with Crippen LogP contribution in [-0.2, 0) is 0 Å². The zero-order valence-corrected chi connectivity index (χ0v) is 8.63. The molecule has 0 saturated heterocycles. The van der Waals surface area contributed by atoms with Gasteiger partial charge in [-0.2, -0.15) is 0 Å². The third-order valence-corrected chi connectivity index (χ3v) is 1.33. The van der Waals surface area contributed by atoms with E-state index in [0.29, 0.717) is 5.75 Å². The fourth-order valence-corrected chi connectivity index (χ4v) is 0.775. The van der Waals surface area contributed by atoms with E-state index in [0.717, 1.165) is 5.56 Å². The summed E-state index contributed by atoms with van der Waals surface area (Å²) in [5.74, 6) is 0.463. The van der Waals surface area contributed by atoms with Gasteiger partial charge in [0.15, 0.2) is 0 Å². The second-order valence-corrected chi connectivity index (χ2v) is 2.34. The molecule has 0 aliphatic heterocycles. The van der Waals surface area contributed by atoms with Crippen LogP contribution in [0.15, 0.2) is 18.5 Å². The molecule has 1 rings (SSSR count). The van der Waals surface area contributed by atoms with Crippen LogP contribution in [0, 0.1) is 6.92 Å². The average Bonchev–Trinajstić information content (AvgIpc) is 2.19. The normalized spacial score (nSPS) is 9.29. The van der Waals surface area contributed by atoms with Crippen LogP contribution in [0.2, 0.25) is 0 Å². The number of alkyl halides is 2. The van der Waals surface area contributed by atoms with Crippen LogP contribution < -0.4 is 4.74 Å². The zero-order chi connectivity index (χ0) is 11.0. The Morgan fingerprint density at radius 1 is 1.43 bits per heavy atom. The monoisotopic (exact) mass is 203 g/mol. The first-order valence-corrected chi connectivity index (χ1v) is 4.51. The minimum Gasteiger partial charge on any atom is -0.487 e. The maximum absolute atomic E-state index is 11.7. The van der Waals surface area contributed by atoms with Crippen molar-refractivity contribution in [3.05, 3.63) is 24.0 Å². The third kappa shape index (κ3) is 4.74. The Balaban J connectivity index is 0.000000791. The minimum atomic E-state index is -2.43. The summed E-state index contributed by atoms with van der Waals surface area (Å²) in [4.78, 5) is 3.80. The highest BCUT2D eigenvalue weighted by molar-refractivity contribution is 5.28. The van der Waals surface area contributed by atoms with Crippen molar-refractivity contribution in [3.8, 4) is 5.75 Å². The van der Waals surface area contributed by atoms with Crippen molar-refractivity contribution >= 4 is 0 Å². The molecule has 0 aliphatic carbocycles. The molecule has 0 spiro atoms. The molecule has 14 heavy (non-hydrogen) atoms. The standard InChI is InChI=1S/C8H9F2NO.C2H6/c1-6-4-11-3-2-7(6)12-5-8(9)10;1-2/h2-4,8H,5H2,1H3;1-2H3. The molecule has 0 amide bonds. The van der Waals surface area contributed by atoms with Crippen molar-refractivity contribution in [1.82, 2.24) is 4.98 Å². The van der Waals surface area contributed by atoms with Gasteiger partial charge in [-0.15, -0.1) is 0 Å². The van der Waals surface area contributed by atoms with Gasteiger partial charge in [0.1, 0.15) is 12.4 Å². The van der Waals surface area contributed by atoms with Gasteiger partial charge in [-0.05, 0) is 13.0 Å². The van der Waals surface area contributed by atoms with E-state index in [1.54, 1.807) is 19.2 Å². The fraction of sp³-hybridized carbons (Fsp3) is 0.500. The molecule has 0 bridgehead atoms. The molecule has 1 aromatic heterocycles. The van der Waals surface area contributed by atoms with Crippen molar-refractivity contribution in [2.45, 2.75) is 27.2 Å². The van der Waals surface area contributed by atoms with Gasteiger partial charge < -0.3 is 4.74 Å². The number of nitrogens with zero attached hydrogens (tertiary/aromatic N) is 1. The van der Waals surface area contributed by atoms with Crippen molar-refractivity contribution in [2.75, 3.05) is 6.61 Å². The van der Waals surface area contributed by atoms with Crippen LogP contribution in [0.25, 0.3) is 0 Å². The quantitative estimate of drug-likeness (QED) is 0.753. The maximum Gasteiger partial charge on any atom is 0.272 e. The number of halogens is 2. The molecule has 0 unspecified atom stereocenters. The number of aryl methyl sites for hydroxylation is 1. The van der Waals surface area contributed by atoms with E-state index in [1.807, 2.05) is 13.8 Å². The summed E-state index contributed by atoms with van der Waals surface area (Å²) in [6.07, 6.45) is 0.645. The molecule has 4 heteroatoms. The Morgan fingerprint density at radius 2 is 2.07 bits per heavy atom. The lowest BCUT2D eigenvalue weighted by atomic mass is 10.3. The van der Waals surface area contributed by atoms with E-state index in [-0.39, 0.29) is 0 Å². The van der Waals surface area contributed by atoms with Gasteiger partial charge in [-0.25, -0.2) is 8.78 Å². The second kappa shape index (κ2) is 7.24. The molecule has 0 aliphatic rings. The lowest BCUT2D eigenvalue weighted by Gasteiger charge is -2.06. The highest BCUT2D eigenvalue weighted by Crippen LogP contribution is 2.15. The first-order valence-electron chi connectivity index (χ1n) is 4.51. The van der Waals surface area contributed by atoms with Gasteiger partial charge >= 0.3 is 0 Å². The number of rotatable bonds is 3. The Morgan fingerprint density at radius 3 is 2.57 bits per heavy atom. The molecule has 1 heterocycles. The topological polar surface area (TPSA) is 22.1 Å². The zero-order valence-electron chi connectivity index (χ0n) is 8.63. The van der Waals surface area contributed by atoms with Crippen LogP contribution in [0.4, 0.5) is 8.78 Å². The first-order chi connectivity index (χ1) is 6.70. The van der Waals surface area contributed by atoms with E-state index >= 15 is 0 Å². The van der Waals surface area contributed by atoms with E-state index in [9.17, 15) is 8.78 Å². The van der Waals surface area contributed by atoms with E-state index in [1.165, 1.54) is 6.20 Å². The number of hydrogen-bond donors (Lipinski definition) is 0. The second-order valence-electron chi connectivity index (χ2n) is 2.34. The number of pyridine rings is 1. The Hall–Kier alpha value is -1.19. The molecule has 0 atom stereocenters. The van der Waals surface area contributed by atoms with Gasteiger partial charge in [-0.3, -0.25) is 4.98 Å². The fourth-order valence-electron chi connectivity index (χ4n) is 0.775. The van der Waals surface area contributed by atoms with Crippen molar-refractivity contribution in [1.29, 1.82) is 0 Å². The summed E-state index contributed by atoms with van der Waals surface area (Å²) in [6, 6.07) is 1.57. The molecule has 0 radical (unpaired) electrons. The summed E-state index contributed by atoms with van der Waals surface area (Å²) in [5, 5.41) is 0. The number of aromatic nitrogens is 1.